The van der Waals surface area contributed by atoms with E-state index < -0.39 is 29.4 Å². The van der Waals surface area contributed by atoms with Gasteiger partial charge < -0.3 is 19.5 Å². The zero-order valence-corrected chi connectivity index (χ0v) is 20.4. The third-order valence-electron chi connectivity index (χ3n) is 4.87. The lowest BCUT2D eigenvalue weighted by Crippen LogP contribution is -2.35. The Hall–Kier alpha value is -3.35. The number of esters is 3. The van der Waals surface area contributed by atoms with Crippen LogP contribution in [0.1, 0.15) is 65.5 Å². The highest BCUT2D eigenvalue weighted by Gasteiger charge is 2.39. The fourth-order valence-corrected chi connectivity index (χ4v) is 3.66. The van der Waals surface area contributed by atoms with Gasteiger partial charge in [-0.15, -0.1) is 0 Å². The van der Waals surface area contributed by atoms with E-state index in [1.807, 2.05) is 24.3 Å². The summed E-state index contributed by atoms with van der Waals surface area (Å²) < 4.78 is 16.0. The molecule has 1 aliphatic rings. The number of hydrogen-bond acceptors (Lipinski definition) is 7. The third kappa shape index (κ3) is 6.57. The van der Waals surface area contributed by atoms with Gasteiger partial charge in [0.2, 0.25) is 0 Å². The molecule has 0 bridgehead atoms. The molecule has 33 heavy (non-hydrogen) atoms. The second kappa shape index (κ2) is 11.0. The second-order valence-corrected chi connectivity index (χ2v) is 8.57. The van der Waals surface area contributed by atoms with Crippen molar-refractivity contribution in [3.8, 4) is 0 Å². The molecule has 0 aliphatic carbocycles. The Labute approximate surface area is 195 Å². The lowest BCUT2D eigenvalue weighted by molar-refractivity contribution is -0.150. The maximum absolute atomic E-state index is 13.3. The van der Waals surface area contributed by atoms with Gasteiger partial charge in [0.1, 0.15) is 5.60 Å². The van der Waals surface area contributed by atoms with Gasteiger partial charge >= 0.3 is 17.9 Å². The average molecular weight is 456 g/mol. The lowest BCUT2D eigenvalue weighted by Gasteiger charge is -2.32. The topological polar surface area (TPSA) is 90.9 Å². The molecule has 0 saturated heterocycles. The summed E-state index contributed by atoms with van der Waals surface area (Å²) >= 11 is 0. The van der Waals surface area contributed by atoms with Crippen molar-refractivity contribution in [2.45, 2.75) is 60.0 Å². The summed E-state index contributed by atoms with van der Waals surface area (Å²) in [4.78, 5) is 38.3. The highest BCUT2D eigenvalue weighted by atomic mass is 16.6. The first-order valence-electron chi connectivity index (χ1n) is 11.0. The van der Waals surface area contributed by atoms with E-state index in [9.17, 15) is 14.4 Å². The predicted molar refractivity (Wildman–Crippen MR) is 126 cm³/mol. The number of carbonyl (C=O) groups is 3. The van der Waals surface area contributed by atoms with Crippen molar-refractivity contribution in [1.29, 1.82) is 0 Å². The van der Waals surface area contributed by atoms with Crippen molar-refractivity contribution in [1.82, 2.24) is 5.32 Å². The molecule has 0 amide bonds. The van der Waals surface area contributed by atoms with E-state index in [1.54, 1.807) is 54.5 Å². The summed E-state index contributed by atoms with van der Waals surface area (Å²) in [6.45, 7) is 12.8. The van der Waals surface area contributed by atoms with Crippen LogP contribution in [0, 0.1) is 0 Å². The van der Waals surface area contributed by atoms with Crippen molar-refractivity contribution in [2.75, 3.05) is 13.2 Å². The highest BCUT2D eigenvalue weighted by Crippen LogP contribution is 2.41. The van der Waals surface area contributed by atoms with Gasteiger partial charge in [0.15, 0.2) is 0 Å². The van der Waals surface area contributed by atoms with Crippen LogP contribution in [-0.2, 0) is 28.6 Å². The first kappa shape index (κ1) is 25.9. The summed E-state index contributed by atoms with van der Waals surface area (Å²) in [5.41, 5.74) is 2.42. The van der Waals surface area contributed by atoms with Crippen LogP contribution >= 0.6 is 0 Å². The van der Waals surface area contributed by atoms with Crippen LogP contribution in [0.3, 0.4) is 0 Å². The van der Waals surface area contributed by atoms with E-state index in [4.69, 9.17) is 14.2 Å². The van der Waals surface area contributed by atoms with Crippen molar-refractivity contribution in [3.05, 3.63) is 64.0 Å². The summed E-state index contributed by atoms with van der Waals surface area (Å²) in [5, 5.41) is 3.14. The van der Waals surface area contributed by atoms with Gasteiger partial charge in [0.05, 0.1) is 30.3 Å². The predicted octanol–water partition coefficient (Wildman–Crippen LogP) is 4.40. The fourth-order valence-electron chi connectivity index (χ4n) is 3.66. The SMILES string of the molecule is CCOC(=O)/C=C/c1ccccc1C1C(C(=O)OCC)=C(C)NC(C)=C1C(=O)OC(C)(C)C. The van der Waals surface area contributed by atoms with Gasteiger partial charge in [0.25, 0.3) is 0 Å². The minimum absolute atomic E-state index is 0.192. The van der Waals surface area contributed by atoms with Crippen molar-refractivity contribution in [2.24, 2.45) is 0 Å². The van der Waals surface area contributed by atoms with Crippen molar-refractivity contribution < 1.29 is 28.6 Å². The standard InChI is InChI=1S/C26H33NO6/c1-8-31-20(28)15-14-18-12-10-11-13-19(18)23-21(24(29)32-9-2)16(3)27-17(4)22(23)25(30)33-26(5,6)7/h10-15,23,27H,8-9H2,1-7H3/b15-14+. The molecule has 2 rings (SSSR count). The summed E-state index contributed by atoms with van der Waals surface area (Å²) in [5.74, 6) is -2.28. The second-order valence-electron chi connectivity index (χ2n) is 8.57. The number of rotatable bonds is 7. The van der Waals surface area contributed by atoms with Crippen LogP contribution in [0.5, 0.6) is 0 Å². The third-order valence-corrected chi connectivity index (χ3v) is 4.87. The average Bonchev–Trinajstić information content (AvgIpc) is 2.70. The van der Waals surface area contributed by atoms with Crippen LogP contribution in [0.25, 0.3) is 6.08 Å². The smallest absolute Gasteiger partial charge is 0.337 e. The normalized spacial score (nSPS) is 16.5. The van der Waals surface area contributed by atoms with E-state index in [0.717, 1.165) is 0 Å². The largest absolute Gasteiger partial charge is 0.463 e. The van der Waals surface area contributed by atoms with E-state index in [1.165, 1.54) is 6.08 Å². The molecule has 1 atom stereocenters. The number of ether oxygens (including phenoxy) is 3. The first-order valence-corrected chi connectivity index (χ1v) is 11.0. The Morgan fingerprint density at radius 1 is 0.939 bits per heavy atom. The van der Waals surface area contributed by atoms with Gasteiger partial charge in [-0.05, 0) is 65.7 Å². The van der Waals surface area contributed by atoms with Crippen LogP contribution in [0.2, 0.25) is 0 Å². The number of carbonyl (C=O) groups excluding carboxylic acids is 3. The Morgan fingerprint density at radius 2 is 1.52 bits per heavy atom. The van der Waals surface area contributed by atoms with E-state index in [2.05, 4.69) is 5.32 Å². The maximum atomic E-state index is 13.3. The van der Waals surface area contributed by atoms with E-state index in [0.29, 0.717) is 33.7 Å². The lowest BCUT2D eigenvalue weighted by atomic mass is 9.78. The molecule has 0 radical (unpaired) electrons. The zero-order chi connectivity index (χ0) is 24.8. The Morgan fingerprint density at radius 3 is 2.09 bits per heavy atom. The minimum Gasteiger partial charge on any atom is -0.463 e. The van der Waals surface area contributed by atoms with Gasteiger partial charge in [-0.1, -0.05) is 24.3 Å². The molecule has 178 valence electrons. The molecule has 1 heterocycles. The summed E-state index contributed by atoms with van der Waals surface area (Å²) in [6.07, 6.45) is 2.95. The Balaban J connectivity index is 2.70. The molecule has 7 nitrogen and oxygen atoms in total. The fraction of sp³-hybridized carbons (Fsp3) is 0.423. The van der Waals surface area contributed by atoms with Gasteiger partial charge in [0, 0.05) is 17.5 Å². The van der Waals surface area contributed by atoms with E-state index in [-0.39, 0.29) is 13.2 Å². The molecule has 7 heteroatoms. The monoisotopic (exact) mass is 455 g/mol. The minimum atomic E-state index is -0.747. The van der Waals surface area contributed by atoms with Crippen molar-refractivity contribution >= 4 is 24.0 Å². The number of allylic oxidation sites excluding steroid dienone is 2. The highest BCUT2D eigenvalue weighted by molar-refractivity contribution is 6.00. The van der Waals surface area contributed by atoms with Crippen molar-refractivity contribution in [3.63, 3.8) is 0 Å². The Bertz CT molecular complexity index is 1010. The molecule has 1 aliphatic heterocycles. The Kier molecular flexibility index (Phi) is 8.63. The van der Waals surface area contributed by atoms with Crippen LogP contribution < -0.4 is 5.32 Å². The molecule has 1 N–H and O–H groups in total. The molecule has 0 spiro atoms. The first-order chi connectivity index (χ1) is 15.5. The molecule has 0 saturated carbocycles. The van der Waals surface area contributed by atoms with Crippen LogP contribution in [-0.4, -0.2) is 36.7 Å². The molecular formula is C26H33NO6. The van der Waals surface area contributed by atoms with Crippen LogP contribution in [0.15, 0.2) is 52.9 Å². The number of dihydropyridines is 1. The van der Waals surface area contributed by atoms with Gasteiger partial charge in [-0.25, -0.2) is 14.4 Å². The number of benzene rings is 1. The molecule has 1 aromatic carbocycles. The van der Waals surface area contributed by atoms with Gasteiger partial charge in [-0.3, -0.25) is 0 Å². The number of nitrogens with one attached hydrogen (secondary N) is 1. The number of hydrogen-bond donors (Lipinski definition) is 1. The van der Waals surface area contributed by atoms with Gasteiger partial charge in [-0.2, -0.15) is 0 Å². The van der Waals surface area contributed by atoms with Crippen LogP contribution in [0.4, 0.5) is 0 Å². The summed E-state index contributed by atoms with van der Waals surface area (Å²) in [7, 11) is 0. The molecule has 0 fully saturated rings. The summed E-state index contributed by atoms with van der Waals surface area (Å²) in [6, 6.07) is 7.27. The molecule has 1 aromatic rings. The maximum Gasteiger partial charge on any atom is 0.337 e. The molecule has 1 unspecified atom stereocenters. The molecule has 0 aromatic heterocycles. The van der Waals surface area contributed by atoms with E-state index >= 15 is 0 Å². The molecular weight excluding hydrogens is 422 g/mol. The quantitative estimate of drug-likeness (QED) is 0.370. The zero-order valence-electron chi connectivity index (χ0n) is 20.4.